The van der Waals surface area contributed by atoms with E-state index in [1.54, 1.807) is 130 Å². The van der Waals surface area contributed by atoms with Crippen LogP contribution in [0.4, 0.5) is 27.3 Å². The third-order valence-electron chi connectivity index (χ3n) is 16.2. The zero-order valence-corrected chi connectivity index (χ0v) is 53.0. The summed E-state index contributed by atoms with van der Waals surface area (Å²) in [5, 5.41) is 27.9. The summed E-state index contributed by atoms with van der Waals surface area (Å²) < 4.78 is 18.5. The summed E-state index contributed by atoms with van der Waals surface area (Å²) in [4.78, 5) is 71.1. The average molecular weight is 1300 g/mol. The molecule has 0 unspecified atom stereocenters. The van der Waals surface area contributed by atoms with Crippen molar-refractivity contribution in [2.24, 2.45) is 0 Å². The molecule has 15 rings (SSSR count). The summed E-state index contributed by atoms with van der Waals surface area (Å²) in [5.41, 5.74) is 14.1. The molecule has 0 bridgehead atoms. The summed E-state index contributed by atoms with van der Waals surface area (Å²) in [5.74, 6) is -0.489. The first-order valence-electron chi connectivity index (χ1n) is 30.1. The van der Waals surface area contributed by atoms with E-state index in [-0.39, 0.29) is 35.5 Å². The minimum Gasteiger partial charge on any atom is -0.355 e. The summed E-state index contributed by atoms with van der Waals surface area (Å²) in [6, 6.07) is 46.9. The molecule has 1 aliphatic rings. The van der Waals surface area contributed by atoms with Crippen molar-refractivity contribution in [1.29, 1.82) is 0 Å². The van der Waals surface area contributed by atoms with Gasteiger partial charge >= 0.3 is 0 Å². The van der Waals surface area contributed by atoms with E-state index >= 15 is 0 Å². The number of carbonyl (C=O) groups excluding carboxylic acids is 4. The minimum absolute atomic E-state index is 0.0422. The number of hydrogen-bond donors (Lipinski definition) is 2. The summed E-state index contributed by atoms with van der Waals surface area (Å²) >= 11 is 7.64. The van der Waals surface area contributed by atoms with Gasteiger partial charge in [-0.2, -0.15) is 15.3 Å². The number of halogens is 2. The number of nitrogens with one attached hydrogen (secondary N) is 2. The Bertz CT molecular complexity index is 5230. The third-order valence-corrected chi connectivity index (χ3v) is 17.5. The maximum atomic E-state index is 13.5. The maximum absolute atomic E-state index is 13.5. The predicted molar refractivity (Wildman–Crippen MR) is 367 cm³/mol. The Morgan fingerprint density at radius 2 is 1.19 bits per heavy atom. The van der Waals surface area contributed by atoms with Gasteiger partial charge in [0.05, 0.1) is 41.7 Å². The number of anilines is 3. The second kappa shape index (κ2) is 26.6. The molecule has 0 saturated heterocycles. The maximum Gasteiger partial charge on any atom is 0.259 e. The van der Waals surface area contributed by atoms with E-state index in [1.807, 2.05) is 108 Å². The molecular formula is C72H56ClFN16O4S. The molecule has 10 aromatic heterocycles. The van der Waals surface area contributed by atoms with Gasteiger partial charge in [-0.05, 0) is 146 Å². The number of aromatic amines is 1. The molecule has 1 aliphatic carbocycles. The lowest BCUT2D eigenvalue weighted by atomic mass is 10.0. The number of hydrogen-bond acceptors (Lipinski definition) is 12. The van der Waals surface area contributed by atoms with Gasteiger partial charge in [0, 0.05) is 136 Å². The normalized spacial score (nSPS) is 11.8. The van der Waals surface area contributed by atoms with E-state index in [0.29, 0.717) is 38.8 Å². The number of rotatable bonds is 13. The van der Waals surface area contributed by atoms with Gasteiger partial charge in [-0.1, -0.05) is 72.3 Å². The van der Waals surface area contributed by atoms with Crippen LogP contribution in [0.25, 0.3) is 76.4 Å². The van der Waals surface area contributed by atoms with Gasteiger partial charge < -0.3 is 20.1 Å². The van der Waals surface area contributed by atoms with Crippen LogP contribution in [0.1, 0.15) is 66.2 Å². The highest BCUT2D eigenvalue weighted by Crippen LogP contribution is 2.36. The molecular weight excluding hydrogens is 1240 g/mol. The van der Waals surface area contributed by atoms with Gasteiger partial charge in [0.1, 0.15) is 27.3 Å². The van der Waals surface area contributed by atoms with Crippen LogP contribution in [0.15, 0.2) is 213 Å². The molecule has 95 heavy (non-hydrogen) atoms. The standard InChI is InChI=1S/C25H21ClN4O2.C25H20FN5OS.C22H15N7O/c1-27-24(31)17-4-2-16(3-5-17)22-15-28-29-13-12-18(14-23(22)29)25(32)30(21-10-11-21)20-8-6-19(26)7-9-20;1-3-23-28-29-24(33-23)17-6-4-16(5-7-17)21-15-27-31-13-12-20(14-22(21)31)30(2)25(32)18-8-10-19(26)11-9-18;1-23-17-3-4-20(25-12-17)28(2)22(30)15-6-8-29-19(10-15)18(13-27-29)16-9-14-5-7-24-21(14)26-11-16/h2-9,12-15,21H,10-11H2,1H3,(H,27,31);4-15H,3H2,1-2H3;3-13H,2H3,(H,24,26). The number of carbonyl (C=O) groups is 4. The van der Waals surface area contributed by atoms with Gasteiger partial charge in [0.25, 0.3) is 23.6 Å². The van der Waals surface area contributed by atoms with Crippen LogP contribution in [0.5, 0.6) is 0 Å². The van der Waals surface area contributed by atoms with Gasteiger partial charge in [0.15, 0.2) is 0 Å². The molecule has 0 radical (unpaired) electrons. The Morgan fingerprint density at radius 1 is 0.611 bits per heavy atom. The highest BCUT2D eigenvalue weighted by Gasteiger charge is 2.34. The summed E-state index contributed by atoms with van der Waals surface area (Å²) in [7, 11) is 4.97. The van der Waals surface area contributed by atoms with Gasteiger partial charge in [-0.3, -0.25) is 29.1 Å². The minimum atomic E-state index is -0.373. The molecule has 10 heterocycles. The number of H-pyrrole nitrogens is 1. The summed E-state index contributed by atoms with van der Waals surface area (Å²) in [6.45, 7) is 9.09. The molecule has 2 N–H and O–H groups in total. The summed E-state index contributed by atoms with van der Waals surface area (Å²) in [6.07, 6.45) is 18.7. The highest BCUT2D eigenvalue weighted by atomic mass is 35.5. The first-order valence-corrected chi connectivity index (χ1v) is 31.3. The quantitative estimate of drug-likeness (QED) is 0.104. The van der Waals surface area contributed by atoms with Crippen molar-refractivity contribution >= 4 is 97.0 Å². The molecule has 1 fully saturated rings. The molecule has 0 spiro atoms. The molecule has 0 atom stereocenters. The molecule has 4 amide bonds. The molecule has 14 aromatic rings. The Hall–Kier alpha value is -12.1. The molecule has 20 nitrogen and oxygen atoms in total. The van der Waals surface area contributed by atoms with Crippen molar-refractivity contribution in [3.63, 3.8) is 0 Å². The number of fused-ring (bicyclic) bond motifs is 4. The molecule has 0 aliphatic heterocycles. The Morgan fingerprint density at radius 3 is 1.78 bits per heavy atom. The highest BCUT2D eigenvalue weighted by molar-refractivity contribution is 7.14. The largest absolute Gasteiger partial charge is 0.355 e. The zero-order chi connectivity index (χ0) is 65.9. The van der Waals surface area contributed by atoms with Crippen molar-refractivity contribution in [2.45, 2.75) is 32.2 Å². The number of aromatic nitrogens is 11. The van der Waals surface area contributed by atoms with E-state index in [0.717, 1.165) is 107 Å². The number of benzene rings is 4. The number of aryl methyl sites for hydroxylation is 1. The lowest BCUT2D eigenvalue weighted by molar-refractivity contribution is 0.0959. The Kier molecular flexibility index (Phi) is 17.3. The Labute approximate surface area is 552 Å². The fourth-order valence-electron chi connectivity index (χ4n) is 10.8. The zero-order valence-electron chi connectivity index (χ0n) is 51.5. The van der Waals surface area contributed by atoms with Crippen molar-refractivity contribution in [3.8, 4) is 44.0 Å². The fraction of sp³-hybridized carbons (Fsp3) is 0.111. The van der Waals surface area contributed by atoms with E-state index in [9.17, 15) is 23.6 Å². The second-order valence-electron chi connectivity index (χ2n) is 22.2. The lowest BCUT2D eigenvalue weighted by Gasteiger charge is -2.23. The van der Waals surface area contributed by atoms with Crippen molar-refractivity contribution < 1.29 is 23.6 Å². The topological polar surface area (TPSA) is 214 Å². The Balaban J connectivity index is 0.000000129. The van der Waals surface area contributed by atoms with Crippen LogP contribution in [0.2, 0.25) is 5.02 Å². The van der Waals surface area contributed by atoms with Crippen LogP contribution < -0.4 is 20.0 Å². The SMILES string of the molecule is CCc1nnc(-c2ccc(-c3cnn4ccc(N(C)C(=O)c5ccc(F)cc5)cc34)cc2)s1.CNC(=O)c1ccc(-c2cnn3ccc(C(=O)N(c4ccc(Cl)cc4)C4CC4)cc23)cc1.[C-]#[N+]c1ccc(N(C)C(=O)c2ccn3ncc(-c4cnc5[nH]ccc5c4)c3c2)nc1. The smallest absolute Gasteiger partial charge is 0.259 e. The van der Waals surface area contributed by atoms with Gasteiger partial charge in [-0.15, -0.1) is 10.2 Å². The second-order valence-corrected chi connectivity index (χ2v) is 23.7. The molecule has 1 saturated carbocycles. The predicted octanol–water partition coefficient (Wildman–Crippen LogP) is 14.4. The lowest BCUT2D eigenvalue weighted by Crippen LogP contribution is -2.33. The molecule has 23 heteroatoms. The van der Waals surface area contributed by atoms with E-state index in [1.165, 1.54) is 35.4 Å². The van der Waals surface area contributed by atoms with Crippen LogP contribution in [-0.4, -0.2) is 105 Å². The third kappa shape index (κ3) is 13.0. The first-order chi connectivity index (χ1) is 46.2. The number of amides is 4. The van der Waals surface area contributed by atoms with Crippen LogP contribution in [0, 0.1) is 12.4 Å². The molecule has 4 aromatic carbocycles. The van der Waals surface area contributed by atoms with Gasteiger partial charge in [-0.25, -0.2) is 27.8 Å². The van der Waals surface area contributed by atoms with E-state index in [4.69, 9.17) is 18.2 Å². The van der Waals surface area contributed by atoms with Crippen LogP contribution >= 0.6 is 22.9 Å². The van der Waals surface area contributed by atoms with Crippen LogP contribution in [0.3, 0.4) is 0 Å². The van der Waals surface area contributed by atoms with Crippen molar-refractivity contribution in [1.82, 2.24) is 59.3 Å². The van der Waals surface area contributed by atoms with E-state index in [2.05, 4.69) is 57.5 Å². The van der Waals surface area contributed by atoms with Gasteiger partial charge in [0.2, 0.25) is 5.69 Å². The molecule has 468 valence electrons. The monoisotopic (exact) mass is 1290 g/mol. The average Bonchev–Trinajstić information content (AvgIpc) is 1.71. The number of pyridine rings is 5. The van der Waals surface area contributed by atoms with E-state index < -0.39 is 0 Å². The fourth-order valence-corrected chi connectivity index (χ4v) is 11.7. The van der Waals surface area contributed by atoms with Crippen LogP contribution in [-0.2, 0) is 6.42 Å². The first kappa shape index (κ1) is 61.8. The number of nitrogens with zero attached hydrogens (tertiary/aromatic N) is 14. The van der Waals surface area contributed by atoms with Crippen molar-refractivity contribution in [3.05, 3.63) is 263 Å². The van der Waals surface area contributed by atoms with Crippen molar-refractivity contribution in [2.75, 3.05) is 35.8 Å².